The van der Waals surface area contributed by atoms with Gasteiger partial charge in [0, 0.05) is 23.5 Å². The first-order chi connectivity index (χ1) is 18.1. The highest BCUT2D eigenvalue weighted by Gasteiger charge is 2.35. The van der Waals surface area contributed by atoms with Gasteiger partial charge in [-0.2, -0.15) is 4.31 Å². The molecule has 0 bridgehead atoms. The number of aromatic nitrogens is 1. The summed E-state index contributed by atoms with van der Waals surface area (Å²) in [5.41, 5.74) is 0.502. The largest absolute Gasteiger partial charge is 0.497 e. The van der Waals surface area contributed by atoms with Crippen molar-refractivity contribution in [2.45, 2.75) is 49.5 Å². The number of nitrogens with one attached hydrogen (secondary N) is 2. The molecule has 3 aromatic rings. The first kappa shape index (κ1) is 27.7. The van der Waals surface area contributed by atoms with Crippen molar-refractivity contribution in [2.24, 2.45) is 5.92 Å². The Morgan fingerprint density at radius 1 is 1.29 bits per heavy atom. The fourth-order valence-corrected chi connectivity index (χ4v) is 6.68. The maximum Gasteiger partial charge on any atom is 0.287 e. The van der Waals surface area contributed by atoms with Gasteiger partial charge in [0.15, 0.2) is 11.5 Å². The number of carbonyl (C=O) groups is 3. The number of ether oxygens (including phenoxy) is 1. The normalized spacial score (nSPS) is 17.8. The van der Waals surface area contributed by atoms with Crippen LogP contribution in [0.4, 0.5) is 0 Å². The van der Waals surface area contributed by atoms with Gasteiger partial charge in [-0.05, 0) is 49.4 Å². The number of hydrogen-bond donors (Lipinski definition) is 2. The number of carbonyl (C=O) groups excluding carboxylic acids is 3. The summed E-state index contributed by atoms with van der Waals surface area (Å²) in [4.78, 5) is 43.0. The first-order valence-corrected chi connectivity index (χ1v) is 14.5. The minimum absolute atomic E-state index is 0.0448. The molecule has 38 heavy (non-hydrogen) atoms. The number of methoxy groups -OCH3 is 1. The lowest BCUT2D eigenvalue weighted by atomic mass is 10.0. The molecule has 0 spiro atoms. The molecule has 1 aliphatic rings. The molecule has 0 aliphatic carbocycles. The number of nitrogens with zero attached hydrogens (tertiary/aromatic N) is 2. The molecule has 2 N–H and O–H groups in total. The molecule has 204 valence electrons. The summed E-state index contributed by atoms with van der Waals surface area (Å²) in [6.07, 6.45) is 2.38. The highest BCUT2D eigenvalue weighted by Crippen LogP contribution is 2.25. The smallest absolute Gasteiger partial charge is 0.287 e. The van der Waals surface area contributed by atoms with E-state index in [9.17, 15) is 22.8 Å². The second-order valence-corrected chi connectivity index (χ2v) is 12.5. The summed E-state index contributed by atoms with van der Waals surface area (Å²) in [5, 5.41) is 7.70. The van der Waals surface area contributed by atoms with Crippen molar-refractivity contribution in [2.75, 3.05) is 20.2 Å². The van der Waals surface area contributed by atoms with Gasteiger partial charge in [0.05, 0.1) is 19.7 Å². The van der Waals surface area contributed by atoms with E-state index in [1.165, 1.54) is 6.20 Å². The van der Waals surface area contributed by atoms with Crippen molar-refractivity contribution >= 4 is 49.9 Å². The van der Waals surface area contributed by atoms with E-state index in [-0.39, 0.29) is 35.5 Å². The number of fused-ring (bicyclic) bond motifs is 1. The topological polar surface area (TPSA) is 148 Å². The minimum atomic E-state index is -3.89. The Hall–Kier alpha value is -3.29. The summed E-state index contributed by atoms with van der Waals surface area (Å²) >= 11 is 0.983. The number of sulfonamides is 1. The molecule has 11 nitrogen and oxygen atoms in total. The predicted molar refractivity (Wildman–Crippen MR) is 141 cm³/mol. The molecule has 1 aliphatic heterocycles. The summed E-state index contributed by atoms with van der Waals surface area (Å²) in [6, 6.07) is 4.93. The third-order valence-electron chi connectivity index (χ3n) is 6.18. The van der Waals surface area contributed by atoms with Crippen LogP contribution < -0.4 is 15.4 Å². The number of benzene rings is 1. The van der Waals surface area contributed by atoms with Crippen molar-refractivity contribution in [3.8, 4) is 5.75 Å². The summed E-state index contributed by atoms with van der Waals surface area (Å²) < 4.78 is 37.6. The Balaban J connectivity index is 1.44. The van der Waals surface area contributed by atoms with Gasteiger partial charge in [-0.25, -0.2) is 13.4 Å². The fourth-order valence-electron chi connectivity index (χ4n) is 4.27. The third-order valence-corrected chi connectivity index (χ3v) is 9.21. The van der Waals surface area contributed by atoms with Crippen molar-refractivity contribution in [1.82, 2.24) is 19.9 Å². The Morgan fingerprint density at radius 2 is 2.08 bits per heavy atom. The summed E-state index contributed by atoms with van der Waals surface area (Å²) in [5.74, 6) is -0.767. The fraction of sp³-hybridized carbons (Fsp3) is 0.440. The van der Waals surface area contributed by atoms with Crippen LogP contribution in [0, 0.1) is 5.92 Å². The number of Topliss-reactive ketones (excluding diaryl/α,β-unsaturated/α-hetero) is 1. The molecule has 1 saturated heterocycles. The van der Waals surface area contributed by atoms with E-state index in [0.29, 0.717) is 29.6 Å². The molecule has 2 aromatic heterocycles. The lowest BCUT2D eigenvalue weighted by molar-refractivity contribution is -0.129. The molecule has 2 atom stereocenters. The van der Waals surface area contributed by atoms with Crippen LogP contribution in [0.15, 0.2) is 44.6 Å². The number of rotatable bonds is 9. The Kier molecular flexibility index (Phi) is 8.48. The predicted octanol–water partition coefficient (Wildman–Crippen LogP) is 2.58. The van der Waals surface area contributed by atoms with Crippen LogP contribution in [0.1, 0.15) is 43.7 Å². The highest BCUT2D eigenvalue weighted by molar-refractivity contribution is 7.91. The second kappa shape index (κ2) is 11.6. The lowest BCUT2D eigenvalue weighted by Gasteiger charge is -2.23. The maximum absolute atomic E-state index is 13.2. The molecule has 13 heteroatoms. The van der Waals surface area contributed by atoms with Gasteiger partial charge in [0.25, 0.3) is 15.9 Å². The van der Waals surface area contributed by atoms with Crippen molar-refractivity contribution in [3.05, 3.63) is 41.6 Å². The Bertz CT molecular complexity index is 1420. The van der Waals surface area contributed by atoms with Gasteiger partial charge in [-0.1, -0.05) is 13.8 Å². The van der Waals surface area contributed by atoms with Crippen LogP contribution in [-0.4, -0.2) is 67.6 Å². The van der Waals surface area contributed by atoms with E-state index in [1.807, 2.05) is 13.8 Å². The SMILES string of the molecule is COc1ccc2oc(C(=O)NC(CC(C)C)C(=O)N[C@H]3CCCN(S(=O)(=O)c4nccs4)CC3=O)cc2c1. The van der Waals surface area contributed by atoms with Crippen LogP contribution in [0.2, 0.25) is 0 Å². The second-order valence-electron chi connectivity index (χ2n) is 9.48. The molecule has 1 aromatic carbocycles. The number of amides is 2. The van der Waals surface area contributed by atoms with Crippen LogP contribution >= 0.6 is 11.3 Å². The van der Waals surface area contributed by atoms with Crippen molar-refractivity contribution in [3.63, 3.8) is 0 Å². The van der Waals surface area contributed by atoms with Gasteiger partial charge in [-0.15, -0.1) is 11.3 Å². The zero-order valence-electron chi connectivity index (χ0n) is 21.3. The van der Waals surface area contributed by atoms with E-state index >= 15 is 0 Å². The van der Waals surface area contributed by atoms with Gasteiger partial charge in [0.2, 0.25) is 10.2 Å². The Labute approximate surface area is 224 Å². The standard InChI is InChI=1S/C25H30N4O7S2/c1-15(2)11-19(28-24(32)22-13-16-12-17(35-3)6-7-21(16)36-22)23(31)27-18-5-4-9-29(14-20(18)30)38(33,34)25-26-8-10-37-25/h6-8,10,12-13,15,18-19H,4-5,9,11,14H2,1-3H3,(H,27,31)(H,28,32)/t18-,19?/m0/s1. The quantitative estimate of drug-likeness (QED) is 0.404. The molecule has 0 radical (unpaired) electrons. The first-order valence-electron chi connectivity index (χ1n) is 12.2. The molecule has 3 heterocycles. The monoisotopic (exact) mass is 562 g/mol. The van der Waals surface area contributed by atoms with Crippen LogP contribution in [0.25, 0.3) is 11.0 Å². The zero-order chi connectivity index (χ0) is 27.4. The molecule has 4 rings (SSSR count). The number of furan rings is 1. The zero-order valence-corrected chi connectivity index (χ0v) is 22.9. The van der Waals surface area contributed by atoms with E-state index < -0.39 is 39.7 Å². The number of thiazole rings is 1. The average Bonchev–Trinajstić information content (AvgIpc) is 3.53. The Morgan fingerprint density at radius 3 is 2.76 bits per heavy atom. The third kappa shape index (κ3) is 6.22. The van der Waals surface area contributed by atoms with E-state index in [2.05, 4.69) is 15.6 Å². The van der Waals surface area contributed by atoms with Crippen molar-refractivity contribution < 1.29 is 32.0 Å². The van der Waals surface area contributed by atoms with Gasteiger partial charge in [-0.3, -0.25) is 14.4 Å². The highest BCUT2D eigenvalue weighted by atomic mass is 32.2. The molecule has 0 saturated carbocycles. The van der Waals surface area contributed by atoms with Crippen molar-refractivity contribution in [1.29, 1.82) is 0 Å². The molecule has 2 amide bonds. The van der Waals surface area contributed by atoms with Gasteiger partial charge in [0.1, 0.15) is 17.4 Å². The summed E-state index contributed by atoms with van der Waals surface area (Å²) in [7, 11) is -2.35. The van der Waals surface area contributed by atoms with E-state index in [1.54, 1.807) is 36.8 Å². The van der Waals surface area contributed by atoms with Gasteiger partial charge >= 0.3 is 0 Å². The molecule has 1 unspecified atom stereocenters. The van der Waals surface area contributed by atoms with Gasteiger partial charge < -0.3 is 19.8 Å². The van der Waals surface area contributed by atoms with E-state index in [0.717, 1.165) is 15.6 Å². The molecular weight excluding hydrogens is 532 g/mol. The van der Waals surface area contributed by atoms with Crippen LogP contribution in [0.5, 0.6) is 5.75 Å². The number of ketones is 1. The maximum atomic E-state index is 13.2. The number of hydrogen-bond acceptors (Lipinski definition) is 9. The van der Waals surface area contributed by atoms with Crippen LogP contribution in [0.3, 0.4) is 0 Å². The van der Waals surface area contributed by atoms with Crippen LogP contribution in [-0.2, 0) is 19.6 Å². The lowest BCUT2D eigenvalue weighted by Crippen LogP contribution is -2.52. The minimum Gasteiger partial charge on any atom is -0.497 e. The molecular formula is C25H30N4O7S2. The molecule has 1 fully saturated rings. The van der Waals surface area contributed by atoms with E-state index in [4.69, 9.17) is 9.15 Å². The summed E-state index contributed by atoms with van der Waals surface area (Å²) in [6.45, 7) is 3.61. The average molecular weight is 563 g/mol.